The van der Waals surface area contributed by atoms with Crippen LogP contribution in [0.1, 0.15) is 32.6 Å². The molecule has 8 N–H and O–H groups in total. The van der Waals surface area contributed by atoms with Crippen LogP contribution in [0.15, 0.2) is 0 Å². The first-order valence-electron chi connectivity index (χ1n) is 11.5. The molecule has 2 amide bonds. The van der Waals surface area contributed by atoms with Crippen molar-refractivity contribution >= 4 is 17.6 Å². The van der Waals surface area contributed by atoms with Crippen LogP contribution in [0.3, 0.4) is 0 Å². The number of ether oxygens (including phenoxy) is 2. The minimum absolute atomic E-state index is 0.0830. The van der Waals surface area contributed by atoms with Gasteiger partial charge in [-0.1, -0.05) is 0 Å². The van der Waals surface area contributed by atoms with Gasteiger partial charge in [-0.3, -0.25) is 14.4 Å². The van der Waals surface area contributed by atoms with Crippen molar-refractivity contribution in [2.45, 2.75) is 32.6 Å². The minimum Gasteiger partial charge on any atom is -0.377 e. The molecule has 0 aliphatic carbocycles. The van der Waals surface area contributed by atoms with Crippen molar-refractivity contribution in [3.63, 3.8) is 0 Å². The average molecular weight is 461 g/mol. The number of nitrogens with two attached hydrogens (primary N) is 2. The lowest BCUT2D eigenvalue weighted by molar-refractivity contribution is -0.122. The first kappa shape index (κ1) is 30.4. The highest BCUT2D eigenvalue weighted by molar-refractivity contribution is 5.80. The van der Waals surface area contributed by atoms with E-state index in [2.05, 4.69) is 21.3 Å². The molecule has 0 aromatic rings. The Morgan fingerprint density at radius 2 is 1.34 bits per heavy atom. The largest absolute Gasteiger partial charge is 0.377 e. The highest BCUT2D eigenvalue weighted by Crippen LogP contribution is 2.07. The van der Waals surface area contributed by atoms with Crippen molar-refractivity contribution in [3.8, 4) is 0 Å². The third-order valence-corrected chi connectivity index (χ3v) is 4.44. The van der Waals surface area contributed by atoms with Gasteiger partial charge in [-0.2, -0.15) is 0 Å². The molecule has 0 aromatic carbocycles. The lowest BCUT2D eigenvalue weighted by Crippen LogP contribution is -2.36. The molecule has 0 saturated carbocycles. The fourth-order valence-electron chi connectivity index (χ4n) is 2.88. The molecule has 0 unspecified atom stereocenters. The Kier molecular flexibility index (Phi) is 21.4. The van der Waals surface area contributed by atoms with Crippen molar-refractivity contribution in [2.75, 3.05) is 78.8 Å². The van der Waals surface area contributed by atoms with E-state index in [-0.39, 0.29) is 23.5 Å². The zero-order valence-electron chi connectivity index (χ0n) is 19.6. The Hall–Kier alpha value is -1.63. The van der Waals surface area contributed by atoms with E-state index in [9.17, 15) is 14.4 Å². The third-order valence-electron chi connectivity index (χ3n) is 4.44. The van der Waals surface area contributed by atoms with Crippen molar-refractivity contribution in [1.29, 1.82) is 0 Å². The Balaban J connectivity index is 3.72. The van der Waals surface area contributed by atoms with Gasteiger partial charge >= 0.3 is 0 Å². The van der Waals surface area contributed by atoms with Gasteiger partial charge in [-0.15, -0.1) is 0 Å². The van der Waals surface area contributed by atoms with Crippen LogP contribution in [0, 0.1) is 5.92 Å². The number of ketones is 1. The van der Waals surface area contributed by atoms with Crippen LogP contribution < -0.4 is 32.7 Å². The van der Waals surface area contributed by atoms with Gasteiger partial charge in [-0.25, -0.2) is 0 Å². The van der Waals surface area contributed by atoms with Crippen molar-refractivity contribution in [3.05, 3.63) is 0 Å². The van der Waals surface area contributed by atoms with E-state index in [0.29, 0.717) is 78.3 Å². The highest BCUT2D eigenvalue weighted by atomic mass is 16.5. The first-order valence-corrected chi connectivity index (χ1v) is 11.5. The Morgan fingerprint density at radius 3 is 1.88 bits per heavy atom. The molecule has 32 heavy (non-hydrogen) atoms. The quantitative estimate of drug-likeness (QED) is 0.0955. The number of carbonyl (C=O) groups is 3. The van der Waals surface area contributed by atoms with Crippen LogP contribution in [0.2, 0.25) is 0 Å². The molecule has 0 aliphatic rings. The summed E-state index contributed by atoms with van der Waals surface area (Å²) in [4.78, 5) is 34.8. The van der Waals surface area contributed by atoms with Gasteiger partial charge in [-0.05, 0) is 25.4 Å². The topological polar surface area (TPSA) is 170 Å². The summed E-state index contributed by atoms with van der Waals surface area (Å²) >= 11 is 0. The van der Waals surface area contributed by atoms with Crippen LogP contribution in [0.4, 0.5) is 0 Å². The van der Waals surface area contributed by atoms with Gasteiger partial charge in [0.1, 0.15) is 5.78 Å². The maximum Gasteiger partial charge on any atom is 0.220 e. The second-order valence-corrected chi connectivity index (χ2v) is 7.51. The van der Waals surface area contributed by atoms with Gasteiger partial charge < -0.3 is 42.2 Å². The van der Waals surface area contributed by atoms with Gasteiger partial charge in [0, 0.05) is 65.5 Å². The zero-order valence-corrected chi connectivity index (χ0v) is 19.6. The second kappa shape index (κ2) is 22.6. The third kappa shape index (κ3) is 21.6. The number of Topliss-reactive ketones (excluding diaryl/α,β-unsaturated/α-hetero) is 1. The molecule has 0 fully saturated rings. The minimum atomic E-state index is -0.0845. The molecule has 188 valence electrons. The second-order valence-electron chi connectivity index (χ2n) is 7.51. The molecular formula is C21H44N6O5. The van der Waals surface area contributed by atoms with Crippen LogP contribution in [0.25, 0.3) is 0 Å². The molecule has 0 radical (unpaired) electrons. The fourth-order valence-corrected chi connectivity index (χ4v) is 2.88. The molecule has 0 saturated heterocycles. The monoisotopic (exact) mass is 460 g/mol. The zero-order chi connectivity index (χ0) is 23.9. The summed E-state index contributed by atoms with van der Waals surface area (Å²) in [5, 5.41) is 11.9. The Morgan fingerprint density at radius 1 is 0.781 bits per heavy atom. The lowest BCUT2D eigenvalue weighted by atomic mass is 9.99. The van der Waals surface area contributed by atoms with Crippen molar-refractivity contribution in [2.24, 2.45) is 17.4 Å². The summed E-state index contributed by atoms with van der Waals surface area (Å²) in [5.41, 5.74) is 11.0. The van der Waals surface area contributed by atoms with E-state index >= 15 is 0 Å². The Labute approximate surface area is 192 Å². The molecule has 0 heterocycles. The number of rotatable bonds is 23. The van der Waals surface area contributed by atoms with E-state index in [0.717, 1.165) is 26.2 Å². The Bertz CT molecular complexity index is 485. The number of hydrogen-bond acceptors (Lipinski definition) is 9. The van der Waals surface area contributed by atoms with Crippen LogP contribution >= 0.6 is 0 Å². The van der Waals surface area contributed by atoms with E-state index in [1.165, 1.54) is 6.92 Å². The van der Waals surface area contributed by atoms with Crippen molar-refractivity contribution < 1.29 is 23.9 Å². The van der Waals surface area contributed by atoms with Gasteiger partial charge in [0.15, 0.2) is 0 Å². The summed E-state index contributed by atoms with van der Waals surface area (Å²) < 4.78 is 10.7. The average Bonchev–Trinajstić information content (AvgIpc) is 2.75. The van der Waals surface area contributed by atoms with E-state index in [1.807, 2.05) is 0 Å². The maximum absolute atomic E-state index is 12.3. The SMILES string of the molecule is CC(=O)NCCOCCOCCNC(=O)CCCC(=O)CC(CNCCN)CNCCN. The van der Waals surface area contributed by atoms with Gasteiger partial charge in [0.05, 0.1) is 26.4 Å². The van der Waals surface area contributed by atoms with Crippen LogP contribution in [-0.4, -0.2) is 96.4 Å². The molecule has 0 spiro atoms. The van der Waals surface area contributed by atoms with Gasteiger partial charge in [0.25, 0.3) is 0 Å². The summed E-state index contributed by atoms with van der Waals surface area (Å²) in [7, 11) is 0. The summed E-state index contributed by atoms with van der Waals surface area (Å²) in [6.45, 7) is 8.04. The number of nitrogens with one attached hydrogen (secondary N) is 4. The number of carbonyl (C=O) groups excluding carboxylic acids is 3. The molecule has 0 aliphatic heterocycles. The van der Waals surface area contributed by atoms with E-state index in [1.54, 1.807) is 0 Å². The van der Waals surface area contributed by atoms with Crippen LogP contribution in [-0.2, 0) is 23.9 Å². The first-order chi connectivity index (χ1) is 15.5. The summed E-state index contributed by atoms with van der Waals surface area (Å²) in [6, 6.07) is 0. The highest BCUT2D eigenvalue weighted by Gasteiger charge is 2.14. The van der Waals surface area contributed by atoms with Crippen molar-refractivity contribution in [1.82, 2.24) is 21.3 Å². The predicted molar refractivity (Wildman–Crippen MR) is 124 cm³/mol. The lowest BCUT2D eigenvalue weighted by Gasteiger charge is -2.17. The standard InChI is InChI=1S/C21H44N6O5/c1-18(28)26-9-11-31-13-14-32-12-10-27-21(30)4-2-3-20(29)15-19(16-24-7-5-22)17-25-8-6-23/h19,24-25H,2-17,22-23H2,1H3,(H,26,28)(H,27,30). The fraction of sp³-hybridized carbons (Fsp3) is 0.857. The molecular weight excluding hydrogens is 416 g/mol. The van der Waals surface area contributed by atoms with Gasteiger partial charge in [0.2, 0.25) is 11.8 Å². The molecule has 0 atom stereocenters. The molecule has 11 nitrogen and oxygen atoms in total. The number of hydrogen-bond donors (Lipinski definition) is 6. The van der Waals surface area contributed by atoms with E-state index < -0.39 is 0 Å². The summed E-state index contributed by atoms with van der Waals surface area (Å²) in [6.07, 6.45) is 1.72. The van der Waals surface area contributed by atoms with E-state index in [4.69, 9.17) is 20.9 Å². The van der Waals surface area contributed by atoms with Crippen LogP contribution in [0.5, 0.6) is 0 Å². The molecule has 0 rings (SSSR count). The summed E-state index contributed by atoms with van der Waals surface area (Å²) in [5.74, 6) is 0.175. The maximum atomic E-state index is 12.3. The number of amides is 2. The normalized spacial score (nSPS) is 11.0. The molecule has 11 heteroatoms. The predicted octanol–water partition coefficient (Wildman–Crippen LogP) is -1.89. The smallest absolute Gasteiger partial charge is 0.220 e. The molecule has 0 aromatic heterocycles. The molecule has 0 bridgehead atoms.